The summed E-state index contributed by atoms with van der Waals surface area (Å²) in [5.41, 5.74) is 1.73. The third kappa shape index (κ3) is 2.15. The van der Waals surface area contributed by atoms with E-state index >= 15 is 0 Å². The van der Waals surface area contributed by atoms with E-state index < -0.39 is 0 Å². The van der Waals surface area contributed by atoms with Crippen molar-refractivity contribution in [3.63, 3.8) is 0 Å². The van der Waals surface area contributed by atoms with Gasteiger partial charge in [0.25, 0.3) is 0 Å². The van der Waals surface area contributed by atoms with Gasteiger partial charge in [0.05, 0.1) is 5.69 Å². The van der Waals surface area contributed by atoms with Crippen LogP contribution in [0.5, 0.6) is 0 Å². The largest absolute Gasteiger partial charge is 0.379 e. The van der Waals surface area contributed by atoms with E-state index in [4.69, 9.17) is 11.6 Å². The van der Waals surface area contributed by atoms with Crippen molar-refractivity contribution < 1.29 is 4.39 Å². The fourth-order valence-electron chi connectivity index (χ4n) is 3.24. The van der Waals surface area contributed by atoms with Gasteiger partial charge in [-0.25, -0.2) is 4.39 Å². The average Bonchev–Trinajstić information content (AvgIpc) is 2.74. The molecule has 0 saturated heterocycles. The molecule has 1 heterocycles. The summed E-state index contributed by atoms with van der Waals surface area (Å²) in [5.74, 6) is 0.500. The molecule has 1 saturated carbocycles. The monoisotopic (exact) mass is 253 g/mol. The minimum absolute atomic E-state index is 0.203. The number of hydrogen-bond acceptors (Lipinski definition) is 1. The molecule has 1 aromatic rings. The maximum Gasteiger partial charge on any atom is 0.148 e. The summed E-state index contributed by atoms with van der Waals surface area (Å²) in [4.78, 5) is 0. The molecule has 1 aliphatic heterocycles. The van der Waals surface area contributed by atoms with Crippen LogP contribution in [0.1, 0.15) is 37.7 Å². The lowest BCUT2D eigenvalue weighted by Crippen LogP contribution is -2.28. The summed E-state index contributed by atoms with van der Waals surface area (Å²) in [7, 11) is 0. The van der Waals surface area contributed by atoms with Gasteiger partial charge in [-0.15, -0.1) is 0 Å². The Morgan fingerprint density at radius 1 is 1.18 bits per heavy atom. The van der Waals surface area contributed by atoms with Crippen molar-refractivity contribution in [3.8, 4) is 0 Å². The number of nitrogens with one attached hydrogen (secondary N) is 1. The van der Waals surface area contributed by atoms with Gasteiger partial charge in [-0.2, -0.15) is 0 Å². The van der Waals surface area contributed by atoms with Crippen molar-refractivity contribution in [1.29, 1.82) is 0 Å². The topological polar surface area (TPSA) is 12.0 Å². The molecule has 2 aliphatic rings. The maximum atomic E-state index is 13.7. The van der Waals surface area contributed by atoms with E-state index in [9.17, 15) is 4.39 Å². The van der Waals surface area contributed by atoms with E-state index in [0.717, 1.165) is 12.0 Å². The third-order valence-corrected chi connectivity index (χ3v) is 4.34. The summed E-state index contributed by atoms with van der Waals surface area (Å²) in [6, 6.07) is 3.71. The number of anilines is 1. The lowest BCUT2D eigenvalue weighted by molar-refractivity contribution is 0.321. The van der Waals surface area contributed by atoms with Crippen LogP contribution in [0.4, 0.5) is 10.1 Å². The van der Waals surface area contributed by atoms with Crippen molar-refractivity contribution in [2.45, 2.75) is 44.6 Å². The number of fused-ring (bicyclic) bond motifs is 1. The molecule has 17 heavy (non-hydrogen) atoms. The van der Waals surface area contributed by atoms with Crippen LogP contribution in [-0.2, 0) is 6.42 Å². The maximum absolute atomic E-state index is 13.7. The molecule has 3 heteroatoms. The molecule has 1 unspecified atom stereocenters. The average molecular weight is 254 g/mol. The second-order valence-electron chi connectivity index (χ2n) is 5.27. The molecule has 1 aliphatic carbocycles. The molecule has 1 fully saturated rings. The van der Waals surface area contributed by atoms with Crippen LogP contribution in [0, 0.1) is 11.7 Å². The number of halogens is 2. The van der Waals surface area contributed by atoms with Gasteiger partial charge >= 0.3 is 0 Å². The SMILES string of the molecule is Fc1cc(Cl)cc2c1NC(C1CCCCC1)C2. The molecule has 0 amide bonds. The highest BCUT2D eigenvalue weighted by atomic mass is 35.5. The molecule has 0 aromatic heterocycles. The van der Waals surface area contributed by atoms with Gasteiger partial charge in [0.15, 0.2) is 0 Å². The standard InChI is InChI=1S/C14H17ClFN/c15-11-6-10-7-13(9-4-2-1-3-5-9)17-14(10)12(16)8-11/h6,8-9,13,17H,1-5,7H2. The van der Waals surface area contributed by atoms with Gasteiger partial charge in [-0.3, -0.25) is 0 Å². The lowest BCUT2D eigenvalue weighted by atomic mass is 9.83. The second kappa shape index (κ2) is 4.49. The minimum atomic E-state index is -0.203. The zero-order chi connectivity index (χ0) is 11.8. The van der Waals surface area contributed by atoms with Gasteiger partial charge in [0.2, 0.25) is 0 Å². The molecule has 0 radical (unpaired) electrons. The van der Waals surface area contributed by atoms with Gasteiger partial charge in [0, 0.05) is 11.1 Å². The van der Waals surface area contributed by atoms with Gasteiger partial charge < -0.3 is 5.32 Å². The zero-order valence-corrected chi connectivity index (χ0v) is 10.6. The smallest absolute Gasteiger partial charge is 0.148 e. The van der Waals surface area contributed by atoms with Gasteiger partial charge in [-0.1, -0.05) is 30.9 Å². The first-order valence-corrected chi connectivity index (χ1v) is 6.86. The predicted octanol–water partition coefficient (Wildman–Crippen LogP) is 4.40. The van der Waals surface area contributed by atoms with Crippen LogP contribution in [-0.4, -0.2) is 6.04 Å². The first-order chi connectivity index (χ1) is 8.24. The van der Waals surface area contributed by atoms with E-state index in [1.807, 2.05) is 6.07 Å². The number of rotatable bonds is 1. The van der Waals surface area contributed by atoms with E-state index in [1.54, 1.807) is 0 Å². The van der Waals surface area contributed by atoms with Crippen LogP contribution in [0.25, 0.3) is 0 Å². The summed E-state index contributed by atoms with van der Waals surface area (Å²) in [6.07, 6.45) is 7.49. The molecule has 1 nitrogen and oxygen atoms in total. The molecular formula is C14H17ClFN. The first-order valence-electron chi connectivity index (χ1n) is 6.48. The first kappa shape index (κ1) is 11.3. The van der Waals surface area contributed by atoms with Gasteiger partial charge in [0.1, 0.15) is 5.82 Å². The third-order valence-electron chi connectivity index (χ3n) is 4.13. The normalized spacial score (nSPS) is 24.5. The Morgan fingerprint density at radius 3 is 2.71 bits per heavy atom. The van der Waals surface area contributed by atoms with E-state index in [-0.39, 0.29) is 5.82 Å². The quantitative estimate of drug-likeness (QED) is 0.782. The molecule has 3 rings (SSSR count). The Morgan fingerprint density at radius 2 is 1.94 bits per heavy atom. The van der Waals surface area contributed by atoms with E-state index in [0.29, 0.717) is 22.7 Å². The number of hydrogen-bond donors (Lipinski definition) is 1. The summed E-state index contributed by atoms with van der Waals surface area (Å²) in [6.45, 7) is 0. The summed E-state index contributed by atoms with van der Waals surface area (Å²) in [5, 5.41) is 3.87. The highest BCUT2D eigenvalue weighted by Crippen LogP contribution is 2.37. The van der Waals surface area contributed by atoms with Crippen molar-refractivity contribution >= 4 is 17.3 Å². The summed E-state index contributed by atoms with van der Waals surface area (Å²) < 4.78 is 13.7. The molecule has 1 atom stereocenters. The van der Waals surface area contributed by atoms with E-state index in [2.05, 4.69) is 5.32 Å². The Kier molecular flexibility index (Phi) is 2.99. The second-order valence-corrected chi connectivity index (χ2v) is 5.71. The molecule has 0 spiro atoms. The molecule has 1 aromatic carbocycles. The molecule has 0 bridgehead atoms. The van der Waals surface area contributed by atoms with Crippen molar-refractivity contribution in [1.82, 2.24) is 0 Å². The van der Waals surface area contributed by atoms with E-state index in [1.165, 1.54) is 38.2 Å². The Bertz CT molecular complexity index is 426. The van der Waals surface area contributed by atoms with Crippen LogP contribution in [0.2, 0.25) is 5.02 Å². The Labute approximate surface area is 106 Å². The predicted molar refractivity (Wildman–Crippen MR) is 69.1 cm³/mol. The Hall–Kier alpha value is -0.760. The highest BCUT2D eigenvalue weighted by Gasteiger charge is 2.30. The van der Waals surface area contributed by atoms with Crippen LogP contribution >= 0.6 is 11.6 Å². The molecular weight excluding hydrogens is 237 g/mol. The van der Waals surface area contributed by atoms with Gasteiger partial charge in [-0.05, 0) is 42.9 Å². The molecule has 92 valence electrons. The fourth-order valence-corrected chi connectivity index (χ4v) is 3.47. The minimum Gasteiger partial charge on any atom is -0.379 e. The van der Waals surface area contributed by atoms with Crippen LogP contribution in [0.15, 0.2) is 12.1 Å². The van der Waals surface area contributed by atoms with Crippen molar-refractivity contribution in [2.75, 3.05) is 5.32 Å². The highest BCUT2D eigenvalue weighted by molar-refractivity contribution is 6.30. The summed E-state index contributed by atoms with van der Waals surface area (Å²) >= 11 is 5.89. The van der Waals surface area contributed by atoms with Crippen LogP contribution < -0.4 is 5.32 Å². The van der Waals surface area contributed by atoms with Crippen molar-refractivity contribution in [2.24, 2.45) is 5.92 Å². The molecule has 1 N–H and O–H groups in total. The van der Waals surface area contributed by atoms with Crippen LogP contribution in [0.3, 0.4) is 0 Å². The van der Waals surface area contributed by atoms with Crippen molar-refractivity contribution in [3.05, 3.63) is 28.5 Å². The lowest BCUT2D eigenvalue weighted by Gasteiger charge is -2.27. The fraction of sp³-hybridized carbons (Fsp3) is 0.571. The Balaban J connectivity index is 1.80. The zero-order valence-electron chi connectivity index (χ0n) is 9.81. The number of benzene rings is 1.